The Bertz CT molecular complexity index is 984. The molecule has 7 heteroatoms. The largest absolute Gasteiger partial charge is 0.493 e. The highest BCUT2D eigenvalue weighted by Crippen LogP contribution is 2.38. The topological polar surface area (TPSA) is 63.7 Å². The minimum atomic E-state index is -0.165. The number of carbonyl (C=O) groups is 1. The van der Waals surface area contributed by atoms with Gasteiger partial charge >= 0.3 is 0 Å². The van der Waals surface area contributed by atoms with Gasteiger partial charge in [0.15, 0.2) is 11.5 Å². The number of ether oxygens (including phenoxy) is 2. The number of nitrogens with one attached hydrogen (secondary N) is 1. The molecule has 0 unspecified atom stereocenters. The Morgan fingerprint density at radius 3 is 2.53 bits per heavy atom. The van der Waals surface area contributed by atoms with Crippen molar-refractivity contribution < 1.29 is 14.3 Å². The predicted octanol–water partition coefficient (Wildman–Crippen LogP) is 4.26. The molecule has 0 fully saturated rings. The number of para-hydroxylation sites is 1. The van der Waals surface area contributed by atoms with E-state index in [1.54, 1.807) is 19.6 Å². The van der Waals surface area contributed by atoms with Crippen molar-refractivity contribution in [2.45, 2.75) is 12.8 Å². The van der Waals surface area contributed by atoms with Crippen LogP contribution in [0, 0.1) is 0 Å². The third kappa shape index (κ3) is 5.10. The van der Waals surface area contributed by atoms with Crippen molar-refractivity contribution in [1.29, 1.82) is 0 Å². The van der Waals surface area contributed by atoms with Gasteiger partial charge in [0.1, 0.15) is 10.7 Å². The molecule has 0 aliphatic carbocycles. The van der Waals surface area contributed by atoms with Crippen LogP contribution in [0.4, 0.5) is 5.69 Å². The van der Waals surface area contributed by atoms with Crippen LogP contribution in [0.15, 0.2) is 47.8 Å². The zero-order chi connectivity index (χ0) is 21.5. The van der Waals surface area contributed by atoms with Crippen molar-refractivity contribution in [2.75, 3.05) is 39.8 Å². The molecular formula is C23H27N3O3S. The second-order valence-corrected chi connectivity index (χ2v) is 7.86. The third-order valence-electron chi connectivity index (χ3n) is 4.75. The molecule has 0 bridgehead atoms. The summed E-state index contributed by atoms with van der Waals surface area (Å²) in [5, 5.41) is 5.44. The highest BCUT2D eigenvalue weighted by molar-refractivity contribution is 7.13. The zero-order valence-electron chi connectivity index (χ0n) is 17.8. The molecule has 1 amide bonds. The molecule has 30 heavy (non-hydrogen) atoms. The minimum absolute atomic E-state index is 0.165. The van der Waals surface area contributed by atoms with E-state index < -0.39 is 0 Å². The number of thiazole rings is 1. The van der Waals surface area contributed by atoms with Gasteiger partial charge in [0.25, 0.3) is 5.91 Å². The van der Waals surface area contributed by atoms with E-state index in [9.17, 15) is 4.79 Å². The van der Waals surface area contributed by atoms with Gasteiger partial charge in [0.05, 0.1) is 19.8 Å². The molecule has 0 atom stereocenters. The molecule has 3 aromatic rings. The minimum Gasteiger partial charge on any atom is -0.493 e. The number of rotatable bonds is 9. The molecule has 0 saturated carbocycles. The van der Waals surface area contributed by atoms with E-state index in [2.05, 4.69) is 39.5 Å². The van der Waals surface area contributed by atoms with Crippen LogP contribution < -0.4 is 19.7 Å². The van der Waals surface area contributed by atoms with Gasteiger partial charge in [0.2, 0.25) is 0 Å². The van der Waals surface area contributed by atoms with Crippen molar-refractivity contribution in [3.8, 4) is 22.1 Å². The molecule has 0 spiro atoms. The van der Waals surface area contributed by atoms with Gasteiger partial charge in [-0.15, -0.1) is 11.3 Å². The Hall–Kier alpha value is -3.06. The summed E-state index contributed by atoms with van der Waals surface area (Å²) >= 11 is 1.41. The maximum absolute atomic E-state index is 12.5. The molecule has 3 rings (SSSR count). The fourth-order valence-electron chi connectivity index (χ4n) is 3.10. The fourth-order valence-corrected chi connectivity index (χ4v) is 3.92. The number of aryl methyl sites for hydroxylation is 1. The lowest BCUT2D eigenvalue weighted by molar-refractivity contribution is 0.0949. The summed E-state index contributed by atoms with van der Waals surface area (Å²) in [5.74, 6) is 1.08. The third-order valence-corrected chi connectivity index (χ3v) is 5.63. The summed E-state index contributed by atoms with van der Waals surface area (Å²) in [7, 11) is 7.24. The molecule has 2 aromatic carbocycles. The molecule has 1 aromatic heterocycles. The average molecular weight is 426 g/mol. The van der Waals surface area contributed by atoms with Crippen molar-refractivity contribution >= 4 is 22.9 Å². The molecule has 6 nitrogen and oxygen atoms in total. The SMILES string of the molecule is COc1cccc(-c2nc(C(=O)NCCCc3ccc(N(C)C)cc3)cs2)c1OC. The second-order valence-electron chi connectivity index (χ2n) is 7.00. The maximum atomic E-state index is 12.5. The van der Waals surface area contributed by atoms with Gasteiger partial charge in [-0.1, -0.05) is 18.2 Å². The summed E-state index contributed by atoms with van der Waals surface area (Å²) in [5.41, 5.74) is 3.66. The summed E-state index contributed by atoms with van der Waals surface area (Å²) in [6, 6.07) is 14.1. The van der Waals surface area contributed by atoms with Gasteiger partial charge in [-0.05, 0) is 42.7 Å². The first-order chi connectivity index (χ1) is 14.5. The molecule has 158 valence electrons. The van der Waals surface area contributed by atoms with Crippen molar-refractivity contribution in [3.05, 3.63) is 59.1 Å². The number of benzene rings is 2. The van der Waals surface area contributed by atoms with Crippen LogP contribution in [0.3, 0.4) is 0 Å². The molecule has 0 saturated heterocycles. The van der Waals surface area contributed by atoms with Crippen LogP contribution in [0.25, 0.3) is 10.6 Å². The number of amides is 1. The number of nitrogens with zero attached hydrogens (tertiary/aromatic N) is 2. The Kier molecular flexibility index (Phi) is 7.30. The number of anilines is 1. The Morgan fingerprint density at radius 2 is 1.87 bits per heavy atom. The number of methoxy groups -OCH3 is 2. The molecule has 0 aliphatic rings. The van der Waals surface area contributed by atoms with E-state index in [1.165, 1.54) is 22.6 Å². The maximum Gasteiger partial charge on any atom is 0.270 e. The summed E-state index contributed by atoms with van der Waals surface area (Å²) in [6.45, 7) is 0.601. The smallest absolute Gasteiger partial charge is 0.270 e. The highest BCUT2D eigenvalue weighted by atomic mass is 32.1. The number of hydrogen-bond donors (Lipinski definition) is 1. The lowest BCUT2D eigenvalue weighted by Crippen LogP contribution is -2.25. The van der Waals surface area contributed by atoms with E-state index in [-0.39, 0.29) is 5.91 Å². The molecule has 1 heterocycles. The first kappa shape index (κ1) is 21.6. The monoisotopic (exact) mass is 425 g/mol. The van der Waals surface area contributed by atoms with Crippen LogP contribution in [-0.2, 0) is 6.42 Å². The van der Waals surface area contributed by atoms with E-state index in [4.69, 9.17) is 9.47 Å². The lowest BCUT2D eigenvalue weighted by atomic mass is 10.1. The summed E-state index contributed by atoms with van der Waals surface area (Å²) < 4.78 is 10.8. The number of aromatic nitrogens is 1. The Balaban J connectivity index is 1.55. The first-order valence-corrected chi connectivity index (χ1v) is 10.6. The van der Waals surface area contributed by atoms with Crippen molar-refractivity contribution in [1.82, 2.24) is 10.3 Å². The van der Waals surface area contributed by atoms with Gasteiger partial charge in [-0.25, -0.2) is 4.98 Å². The van der Waals surface area contributed by atoms with Crippen molar-refractivity contribution in [2.24, 2.45) is 0 Å². The Morgan fingerprint density at radius 1 is 1.10 bits per heavy atom. The molecule has 0 radical (unpaired) electrons. The first-order valence-electron chi connectivity index (χ1n) is 9.75. The predicted molar refractivity (Wildman–Crippen MR) is 122 cm³/mol. The van der Waals surface area contributed by atoms with Gasteiger partial charge in [-0.2, -0.15) is 0 Å². The lowest BCUT2D eigenvalue weighted by Gasteiger charge is -2.12. The normalized spacial score (nSPS) is 10.5. The molecule has 1 N–H and O–H groups in total. The molecule has 0 aliphatic heterocycles. The van der Waals surface area contributed by atoms with Crippen LogP contribution in [0.1, 0.15) is 22.5 Å². The van der Waals surface area contributed by atoms with Crippen LogP contribution in [0.5, 0.6) is 11.5 Å². The number of hydrogen-bond acceptors (Lipinski definition) is 6. The van der Waals surface area contributed by atoms with Crippen LogP contribution in [0.2, 0.25) is 0 Å². The summed E-state index contributed by atoms with van der Waals surface area (Å²) in [6.07, 6.45) is 1.78. The van der Waals surface area contributed by atoms with E-state index in [0.29, 0.717) is 23.7 Å². The van der Waals surface area contributed by atoms with E-state index in [0.717, 1.165) is 23.4 Å². The van der Waals surface area contributed by atoms with E-state index in [1.807, 2.05) is 32.3 Å². The number of carbonyl (C=O) groups excluding carboxylic acids is 1. The zero-order valence-corrected chi connectivity index (χ0v) is 18.6. The van der Waals surface area contributed by atoms with E-state index >= 15 is 0 Å². The standard InChI is InChI=1S/C23H27N3O3S/c1-26(2)17-12-10-16(11-13-17)7-6-14-24-22(27)19-15-30-23(25-19)18-8-5-9-20(28-3)21(18)29-4/h5,8-13,15H,6-7,14H2,1-4H3,(H,24,27). The average Bonchev–Trinajstić information content (AvgIpc) is 3.26. The van der Waals surface area contributed by atoms with Gasteiger partial charge < -0.3 is 19.7 Å². The highest BCUT2D eigenvalue weighted by Gasteiger charge is 2.17. The second kappa shape index (κ2) is 10.1. The quantitative estimate of drug-likeness (QED) is 0.519. The van der Waals surface area contributed by atoms with Gasteiger partial charge in [-0.3, -0.25) is 4.79 Å². The Labute approximate surface area is 181 Å². The van der Waals surface area contributed by atoms with Crippen LogP contribution >= 0.6 is 11.3 Å². The summed E-state index contributed by atoms with van der Waals surface area (Å²) in [4.78, 5) is 19.0. The van der Waals surface area contributed by atoms with Gasteiger partial charge in [0, 0.05) is 31.7 Å². The molecular weight excluding hydrogens is 398 g/mol. The van der Waals surface area contributed by atoms with Crippen molar-refractivity contribution in [3.63, 3.8) is 0 Å². The fraction of sp³-hybridized carbons (Fsp3) is 0.304. The van der Waals surface area contributed by atoms with Crippen LogP contribution in [-0.4, -0.2) is 45.8 Å².